The molecule has 3 unspecified atom stereocenters. The summed E-state index contributed by atoms with van der Waals surface area (Å²) >= 11 is 0. The Labute approximate surface area is 346 Å². The van der Waals surface area contributed by atoms with Crippen molar-refractivity contribution in [1.29, 1.82) is 0 Å². The van der Waals surface area contributed by atoms with E-state index in [0.29, 0.717) is 19.3 Å². The van der Waals surface area contributed by atoms with Crippen molar-refractivity contribution in [2.45, 2.75) is 251 Å². The standard InChI is InChI=1S/C50H91NO5/c1-4-7-10-13-16-19-21-23-24-25-26-28-31-34-37-40-43-50(55)56-46(41-38-35-32-30-27-22-20-17-14-11-8-5-2)44-49(54)51-47(45-52)48(53)42-39-36-33-29-18-15-12-9-6-3/h7,10,16,19,23-24,26,28,46-48,52-53H,4-6,8-9,11-15,17-18,20-22,25,27,29-45H2,1-3H3,(H,51,54)/b10-7+,19-16+,24-23+,28-26+. The molecule has 0 aliphatic rings. The smallest absolute Gasteiger partial charge is 0.306 e. The lowest BCUT2D eigenvalue weighted by atomic mass is 10.0. The fourth-order valence-corrected chi connectivity index (χ4v) is 7.07. The van der Waals surface area contributed by atoms with Crippen molar-refractivity contribution in [3.05, 3.63) is 48.6 Å². The zero-order valence-electron chi connectivity index (χ0n) is 37.0. The molecule has 0 spiro atoms. The second-order valence-electron chi connectivity index (χ2n) is 16.1. The first-order valence-corrected chi connectivity index (χ1v) is 23.9. The van der Waals surface area contributed by atoms with Crippen molar-refractivity contribution in [2.24, 2.45) is 0 Å². The number of hydrogen-bond donors (Lipinski definition) is 3. The quantitative estimate of drug-likeness (QED) is 0.0325. The van der Waals surface area contributed by atoms with Crippen LogP contribution in [0.1, 0.15) is 233 Å². The topological polar surface area (TPSA) is 95.9 Å². The molecule has 0 aliphatic heterocycles. The van der Waals surface area contributed by atoms with Crippen molar-refractivity contribution < 1.29 is 24.5 Å². The lowest BCUT2D eigenvalue weighted by molar-refractivity contribution is -0.151. The molecule has 56 heavy (non-hydrogen) atoms. The third kappa shape index (κ3) is 38.7. The van der Waals surface area contributed by atoms with Crippen LogP contribution in [0.25, 0.3) is 0 Å². The number of ether oxygens (including phenoxy) is 1. The molecule has 0 radical (unpaired) electrons. The number of amides is 1. The predicted octanol–water partition coefficient (Wildman–Crippen LogP) is 13.9. The molecule has 326 valence electrons. The summed E-state index contributed by atoms with van der Waals surface area (Å²) in [5.74, 6) is -0.508. The molecule has 3 atom stereocenters. The first-order chi connectivity index (χ1) is 27.5. The van der Waals surface area contributed by atoms with Crippen molar-refractivity contribution in [1.82, 2.24) is 5.32 Å². The van der Waals surface area contributed by atoms with Crippen LogP contribution >= 0.6 is 0 Å². The molecule has 6 heteroatoms. The van der Waals surface area contributed by atoms with Crippen LogP contribution in [0.3, 0.4) is 0 Å². The predicted molar refractivity (Wildman–Crippen MR) is 241 cm³/mol. The van der Waals surface area contributed by atoms with E-state index in [0.717, 1.165) is 83.5 Å². The summed E-state index contributed by atoms with van der Waals surface area (Å²) in [6.07, 6.45) is 51.7. The van der Waals surface area contributed by atoms with Gasteiger partial charge in [0.25, 0.3) is 0 Å². The Morgan fingerprint density at radius 2 is 0.964 bits per heavy atom. The third-order valence-corrected chi connectivity index (χ3v) is 10.7. The minimum atomic E-state index is -0.789. The van der Waals surface area contributed by atoms with Crippen LogP contribution in [-0.4, -0.2) is 46.9 Å². The maximum atomic E-state index is 13.1. The van der Waals surface area contributed by atoms with E-state index in [-0.39, 0.29) is 24.9 Å². The van der Waals surface area contributed by atoms with Gasteiger partial charge in [-0.15, -0.1) is 0 Å². The highest BCUT2D eigenvalue weighted by Gasteiger charge is 2.24. The van der Waals surface area contributed by atoms with E-state index in [1.807, 2.05) is 0 Å². The number of carbonyl (C=O) groups excluding carboxylic acids is 2. The van der Waals surface area contributed by atoms with Crippen molar-refractivity contribution in [2.75, 3.05) is 6.61 Å². The van der Waals surface area contributed by atoms with Gasteiger partial charge in [-0.1, -0.05) is 204 Å². The highest BCUT2D eigenvalue weighted by Crippen LogP contribution is 2.18. The molecule has 0 heterocycles. The molecule has 0 aromatic carbocycles. The molecule has 0 rings (SSSR count). The molecule has 0 aromatic heterocycles. The maximum Gasteiger partial charge on any atom is 0.306 e. The van der Waals surface area contributed by atoms with E-state index in [2.05, 4.69) is 74.7 Å². The molecule has 1 amide bonds. The fourth-order valence-electron chi connectivity index (χ4n) is 7.07. The largest absolute Gasteiger partial charge is 0.462 e. The first kappa shape index (κ1) is 53.8. The Balaban J connectivity index is 4.62. The Morgan fingerprint density at radius 3 is 1.45 bits per heavy atom. The summed E-state index contributed by atoms with van der Waals surface area (Å²) in [5.41, 5.74) is 0. The van der Waals surface area contributed by atoms with Gasteiger partial charge in [-0.05, 0) is 64.2 Å². The number of nitrogens with one attached hydrogen (secondary N) is 1. The average molecular weight is 786 g/mol. The Bertz CT molecular complexity index is 972. The Hall–Kier alpha value is -2.18. The van der Waals surface area contributed by atoms with Gasteiger partial charge in [-0.25, -0.2) is 0 Å². The van der Waals surface area contributed by atoms with Crippen LogP contribution in [0, 0.1) is 0 Å². The number of carbonyl (C=O) groups is 2. The highest BCUT2D eigenvalue weighted by molar-refractivity contribution is 5.77. The van der Waals surface area contributed by atoms with Crippen molar-refractivity contribution >= 4 is 11.9 Å². The van der Waals surface area contributed by atoms with E-state index in [1.54, 1.807) is 0 Å². The summed E-state index contributed by atoms with van der Waals surface area (Å²) in [4.78, 5) is 26.0. The molecular formula is C50H91NO5. The summed E-state index contributed by atoms with van der Waals surface area (Å²) < 4.78 is 5.90. The lowest BCUT2D eigenvalue weighted by Gasteiger charge is -2.24. The number of esters is 1. The van der Waals surface area contributed by atoms with Gasteiger partial charge in [0.1, 0.15) is 6.10 Å². The minimum Gasteiger partial charge on any atom is -0.462 e. The molecule has 0 bridgehead atoms. The van der Waals surface area contributed by atoms with Gasteiger partial charge in [-0.3, -0.25) is 9.59 Å². The van der Waals surface area contributed by atoms with Gasteiger partial charge in [0.05, 0.1) is 25.2 Å². The van der Waals surface area contributed by atoms with E-state index in [9.17, 15) is 19.8 Å². The fraction of sp³-hybridized carbons (Fsp3) is 0.800. The van der Waals surface area contributed by atoms with Gasteiger partial charge in [0.15, 0.2) is 0 Å². The molecule has 0 aliphatic carbocycles. The summed E-state index contributed by atoms with van der Waals surface area (Å²) in [7, 11) is 0. The Morgan fingerprint density at radius 1 is 0.536 bits per heavy atom. The molecule has 0 fully saturated rings. The zero-order valence-corrected chi connectivity index (χ0v) is 37.0. The molecule has 0 saturated carbocycles. The van der Waals surface area contributed by atoms with E-state index >= 15 is 0 Å². The van der Waals surface area contributed by atoms with E-state index in [4.69, 9.17) is 4.74 Å². The van der Waals surface area contributed by atoms with Crippen LogP contribution in [0.2, 0.25) is 0 Å². The van der Waals surface area contributed by atoms with Gasteiger partial charge in [0, 0.05) is 6.42 Å². The van der Waals surface area contributed by atoms with Crippen LogP contribution < -0.4 is 5.32 Å². The highest BCUT2D eigenvalue weighted by atomic mass is 16.5. The van der Waals surface area contributed by atoms with E-state index in [1.165, 1.54) is 103 Å². The zero-order chi connectivity index (χ0) is 41.0. The van der Waals surface area contributed by atoms with Gasteiger partial charge >= 0.3 is 5.97 Å². The second-order valence-corrected chi connectivity index (χ2v) is 16.1. The second kappa shape index (κ2) is 43.9. The number of aliphatic hydroxyl groups excluding tert-OH is 2. The van der Waals surface area contributed by atoms with Gasteiger partial charge < -0.3 is 20.3 Å². The molecule has 3 N–H and O–H groups in total. The monoisotopic (exact) mass is 786 g/mol. The number of aliphatic hydroxyl groups is 2. The first-order valence-electron chi connectivity index (χ1n) is 23.9. The third-order valence-electron chi connectivity index (χ3n) is 10.7. The molecule has 6 nitrogen and oxygen atoms in total. The number of allylic oxidation sites excluding steroid dienone is 8. The van der Waals surface area contributed by atoms with Crippen LogP contribution in [0.5, 0.6) is 0 Å². The van der Waals surface area contributed by atoms with Crippen molar-refractivity contribution in [3.63, 3.8) is 0 Å². The number of unbranched alkanes of at least 4 members (excludes halogenated alkanes) is 22. The van der Waals surface area contributed by atoms with Crippen LogP contribution in [-0.2, 0) is 14.3 Å². The normalized spacial score (nSPS) is 13.7. The molecule has 0 aromatic rings. The Kier molecular flexibility index (Phi) is 42.2. The van der Waals surface area contributed by atoms with Crippen LogP contribution in [0.4, 0.5) is 0 Å². The van der Waals surface area contributed by atoms with E-state index < -0.39 is 18.2 Å². The van der Waals surface area contributed by atoms with Gasteiger partial charge in [-0.2, -0.15) is 0 Å². The lowest BCUT2D eigenvalue weighted by Crippen LogP contribution is -2.46. The summed E-state index contributed by atoms with van der Waals surface area (Å²) in [6.45, 7) is 6.34. The average Bonchev–Trinajstić information content (AvgIpc) is 3.19. The number of rotatable bonds is 42. The van der Waals surface area contributed by atoms with Gasteiger partial charge in [0.2, 0.25) is 5.91 Å². The summed E-state index contributed by atoms with van der Waals surface area (Å²) in [6, 6.07) is -0.704. The number of hydrogen-bond acceptors (Lipinski definition) is 5. The SMILES string of the molecule is CC/C=C/C/C=C/C/C=C/C/C=C/CCCCCC(=O)OC(CCCCCCCCCCCCCC)CC(=O)NC(CO)C(O)CCCCCCCCCCC. The summed E-state index contributed by atoms with van der Waals surface area (Å²) in [5, 5.41) is 23.6. The van der Waals surface area contributed by atoms with Crippen LogP contribution in [0.15, 0.2) is 48.6 Å². The molecule has 0 saturated heterocycles. The minimum absolute atomic E-state index is 0.0663. The molecular weight excluding hydrogens is 695 g/mol. The van der Waals surface area contributed by atoms with Crippen molar-refractivity contribution in [3.8, 4) is 0 Å². The maximum absolute atomic E-state index is 13.1.